The fourth-order valence-corrected chi connectivity index (χ4v) is 2.54. The highest BCUT2D eigenvalue weighted by molar-refractivity contribution is 7.98. The standard InChI is InChI=1S/C12H10ClN5S/c1-19-12-9-10(14)15-6-16-11(9)18(17-12)8-4-2-7(13)3-5-8/h2-6H,1H3,(H2,14,15,16). The number of aromatic nitrogens is 4. The van der Waals surface area contributed by atoms with Crippen LogP contribution in [0.2, 0.25) is 5.02 Å². The lowest BCUT2D eigenvalue weighted by Crippen LogP contribution is -1.98. The molecule has 0 aliphatic rings. The smallest absolute Gasteiger partial charge is 0.169 e. The molecule has 3 rings (SSSR count). The molecule has 0 aliphatic carbocycles. The van der Waals surface area contributed by atoms with Crippen molar-refractivity contribution in [2.45, 2.75) is 5.03 Å². The van der Waals surface area contributed by atoms with Crippen molar-refractivity contribution in [2.24, 2.45) is 0 Å². The Morgan fingerprint density at radius 3 is 2.63 bits per heavy atom. The van der Waals surface area contributed by atoms with E-state index in [1.807, 2.05) is 30.5 Å². The highest BCUT2D eigenvalue weighted by Crippen LogP contribution is 2.29. The third-order valence-electron chi connectivity index (χ3n) is 2.73. The maximum absolute atomic E-state index is 5.91. The van der Waals surface area contributed by atoms with Crippen LogP contribution in [0.3, 0.4) is 0 Å². The molecule has 2 aromatic heterocycles. The number of hydrogen-bond donors (Lipinski definition) is 1. The van der Waals surface area contributed by atoms with Gasteiger partial charge in [0.05, 0.1) is 11.1 Å². The Hall–Kier alpha value is -1.79. The quantitative estimate of drug-likeness (QED) is 0.735. The largest absolute Gasteiger partial charge is 0.383 e. The van der Waals surface area contributed by atoms with E-state index in [1.54, 1.807) is 4.68 Å². The lowest BCUT2D eigenvalue weighted by molar-refractivity contribution is 0.852. The van der Waals surface area contributed by atoms with E-state index in [2.05, 4.69) is 15.1 Å². The maximum atomic E-state index is 5.91. The average Bonchev–Trinajstić information content (AvgIpc) is 2.80. The number of thioether (sulfide) groups is 1. The first-order valence-corrected chi connectivity index (χ1v) is 7.10. The van der Waals surface area contributed by atoms with Gasteiger partial charge in [0.15, 0.2) is 5.65 Å². The molecule has 96 valence electrons. The Balaban J connectivity index is 2.30. The number of nitrogen functional groups attached to an aromatic ring is 1. The summed E-state index contributed by atoms with van der Waals surface area (Å²) in [6.45, 7) is 0. The second kappa shape index (κ2) is 4.71. The van der Waals surface area contributed by atoms with Gasteiger partial charge in [0.25, 0.3) is 0 Å². The van der Waals surface area contributed by atoms with Crippen LogP contribution in [0.5, 0.6) is 0 Å². The highest BCUT2D eigenvalue weighted by atomic mass is 35.5. The summed E-state index contributed by atoms with van der Waals surface area (Å²) in [6, 6.07) is 7.40. The predicted molar refractivity (Wildman–Crippen MR) is 77.9 cm³/mol. The van der Waals surface area contributed by atoms with Crippen molar-refractivity contribution in [3.8, 4) is 5.69 Å². The number of hydrogen-bond acceptors (Lipinski definition) is 5. The Bertz CT molecular complexity index is 738. The first kappa shape index (κ1) is 12.3. The van der Waals surface area contributed by atoms with Crippen molar-refractivity contribution in [3.63, 3.8) is 0 Å². The number of fused-ring (bicyclic) bond motifs is 1. The molecule has 19 heavy (non-hydrogen) atoms. The van der Waals surface area contributed by atoms with Gasteiger partial charge in [-0.05, 0) is 30.5 Å². The second-order valence-corrected chi connectivity index (χ2v) is 5.09. The molecule has 0 spiro atoms. The molecule has 0 fully saturated rings. The minimum absolute atomic E-state index is 0.439. The molecule has 0 amide bonds. The van der Waals surface area contributed by atoms with Crippen LogP contribution in [0.4, 0.5) is 5.82 Å². The summed E-state index contributed by atoms with van der Waals surface area (Å²) in [7, 11) is 0. The minimum Gasteiger partial charge on any atom is -0.383 e. The molecule has 0 bridgehead atoms. The van der Waals surface area contributed by atoms with Crippen molar-refractivity contribution in [2.75, 3.05) is 12.0 Å². The van der Waals surface area contributed by atoms with Crippen LogP contribution in [-0.4, -0.2) is 26.0 Å². The topological polar surface area (TPSA) is 69.6 Å². The van der Waals surface area contributed by atoms with Crippen molar-refractivity contribution < 1.29 is 0 Å². The summed E-state index contributed by atoms with van der Waals surface area (Å²) in [4.78, 5) is 8.29. The summed E-state index contributed by atoms with van der Waals surface area (Å²) in [6.07, 6.45) is 3.39. The van der Waals surface area contributed by atoms with Gasteiger partial charge in [-0.15, -0.1) is 11.8 Å². The van der Waals surface area contributed by atoms with E-state index in [9.17, 15) is 0 Å². The van der Waals surface area contributed by atoms with Crippen molar-refractivity contribution in [3.05, 3.63) is 35.6 Å². The van der Waals surface area contributed by atoms with Crippen molar-refractivity contribution in [1.82, 2.24) is 19.7 Å². The normalized spacial score (nSPS) is 11.1. The van der Waals surface area contributed by atoms with Gasteiger partial charge < -0.3 is 5.73 Å². The van der Waals surface area contributed by atoms with Gasteiger partial charge in [-0.25, -0.2) is 14.6 Å². The van der Waals surface area contributed by atoms with E-state index >= 15 is 0 Å². The van der Waals surface area contributed by atoms with Gasteiger partial charge in [0.1, 0.15) is 17.2 Å². The van der Waals surface area contributed by atoms with Crippen LogP contribution in [0.1, 0.15) is 0 Å². The third-order valence-corrected chi connectivity index (χ3v) is 3.65. The number of halogens is 1. The molecule has 3 aromatic rings. The van der Waals surface area contributed by atoms with Gasteiger partial charge in [0, 0.05) is 5.02 Å². The lowest BCUT2D eigenvalue weighted by Gasteiger charge is -2.02. The number of nitrogens with two attached hydrogens (primary N) is 1. The summed E-state index contributed by atoms with van der Waals surface area (Å²) in [5.41, 5.74) is 7.49. The Morgan fingerprint density at radius 1 is 1.21 bits per heavy atom. The molecule has 0 unspecified atom stereocenters. The van der Waals surface area contributed by atoms with Gasteiger partial charge >= 0.3 is 0 Å². The van der Waals surface area contributed by atoms with Crippen LogP contribution in [-0.2, 0) is 0 Å². The first-order chi connectivity index (χ1) is 9.20. The van der Waals surface area contributed by atoms with Gasteiger partial charge in [-0.2, -0.15) is 5.10 Å². The fourth-order valence-electron chi connectivity index (χ4n) is 1.85. The molecule has 1 aromatic carbocycles. The molecule has 7 heteroatoms. The predicted octanol–water partition coefficient (Wildman–Crippen LogP) is 2.77. The molecule has 0 atom stereocenters. The Morgan fingerprint density at radius 2 is 1.95 bits per heavy atom. The van der Waals surface area contributed by atoms with E-state index in [-0.39, 0.29) is 0 Å². The van der Waals surface area contributed by atoms with Crippen LogP contribution in [0, 0.1) is 0 Å². The zero-order valence-electron chi connectivity index (χ0n) is 10.0. The van der Waals surface area contributed by atoms with Gasteiger partial charge in [-0.1, -0.05) is 11.6 Å². The molecule has 0 saturated carbocycles. The van der Waals surface area contributed by atoms with Crippen LogP contribution < -0.4 is 5.73 Å². The molecule has 2 heterocycles. The van der Waals surface area contributed by atoms with E-state index in [0.29, 0.717) is 16.5 Å². The number of rotatable bonds is 2. The molecule has 2 N–H and O–H groups in total. The maximum Gasteiger partial charge on any atom is 0.169 e. The lowest BCUT2D eigenvalue weighted by atomic mass is 10.3. The molecular formula is C12H10ClN5S. The van der Waals surface area contributed by atoms with E-state index in [4.69, 9.17) is 17.3 Å². The van der Waals surface area contributed by atoms with E-state index in [1.165, 1.54) is 18.1 Å². The summed E-state index contributed by atoms with van der Waals surface area (Å²) >= 11 is 7.41. The number of benzene rings is 1. The van der Waals surface area contributed by atoms with Crippen LogP contribution in [0.15, 0.2) is 35.6 Å². The van der Waals surface area contributed by atoms with Crippen LogP contribution >= 0.6 is 23.4 Å². The Labute approximate surface area is 118 Å². The van der Waals surface area contributed by atoms with Crippen LogP contribution in [0.25, 0.3) is 16.7 Å². The molecule has 0 saturated heterocycles. The van der Waals surface area contributed by atoms with Gasteiger partial charge in [0.2, 0.25) is 0 Å². The van der Waals surface area contributed by atoms with Crippen molar-refractivity contribution in [1.29, 1.82) is 0 Å². The number of anilines is 1. The third kappa shape index (κ3) is 2.02. The number of nitrogens with zero attached hydrogens (tertiary/aromatic N) is 4. The monoisotopic (exact) mass is 291 g/mol. The zero-order chi connectivity index (χ0) is 13.4. The molecule has 5 nitrogen and oxygen atoms in total. The summed E-state index contributed by atoms with van der Waals surface area (Å²) < 4.78 is 1.75. The average molecular weight is 292 g/mol. The second-order valence-electron chi connectivity index (χ2n) is 3.86. The summed E-state index contributed by atoms with van der Waals surface area (Å²) in [5, 5.41) is 6.79. The minimum atomic E-state index is 0.439. The fraction of sp³-hybridized carbons (Fsp3) is 0.0833. The van der Waals surface area contributed by atoms with E-state index < -0.39 is 0 Å². The molecular weight excluding hydrogens is 282 g/mol. The molecule has 0 radical (unpaired) electrons. The summed E-state index contributed by atoms with van der Waals surface area (Å²) in [5.74, 6) is 0.439. The van der Waals surface area contributed by atoms with Gasteiger partial charge in [-0.3, -0.25) is 0 Å². The first-order valence-electron chi connectivity index (χ1n) is 5.50. The van der Waals surface area contributed by atoms with Crippen molar-refractivity contribution >= 4 is 40.2 Å². The highest BCUT2D eigenvalue weighted by Gasteiger charge is 2.15. The SMILES string of the molecule is CSc1nn(-c2ccc(Cl)cc2)c2ncnc(N)c12. The zero-order valence-corrected chi connectivity index (χ0v) is 11.6. The molecule has 0 aliphatic heterocycles. The Kier molecular flexibility index (Phi) is 3.04. The van der Waals surface area contributed by atoms with E-state index in [0.717, 1.165) is 16.1 Å².